The third-order valence-corrected chi connectivity index (χ3v) is 7.04. The fourth-order valence-electron chi connectivity index (χ4n) is 4.90. The molecule has 3 aromatic rings. The van der Waals surface area contributed by atoms with E-state index >= 15 is 0 Å². The molecule has 3 aromatic carbocycles. The Bertz CT molecular complexity index is 1230. The zero-order valence-electron chi connectivity index (χ0n) is 16.8. The first-order chi connectivity index (χ1) is 15.5. The molecule has 4 atom stereocenters. The van der Waals surface area contributed by atoms with Crippen LogP contribution in [0.2, 0.25) is 5.02 Å². The van der Waals surface area contributed by atoms with Gasteiger partial charge in [0.2, 0.25) is 6.04 Å². The van der Waals surface area contributed by atoms with Gasteiger partial charge in [-0.3, -0.25) is 14.9 Å². The zero-order chi connectivity index (χ0) is 22.4. The average molecular weight is 510 g/mol. The topological polar surface area (TPSA) is 63.4 Å². The third kappa shape index (κ3) is 3.44. The molecule has 0 unspecified atom stereocenters. The Morgan fingerprint density at radius 3 is 2.38 bits per heavy atom. The lowest BCUT2D eigenvalue weighted by molar-refractivity contribution is -0.524. The predicted molar refractivity (Wildman–Crippen MR) is 129 cm³/mol. The Hall–Kier alpha value is -2.96. The number of nitrogens with zero attached hydrogens (tertiary/aromatic N) is 2. The van der Waals surface area contributed by atoms with Gasteiger partial charge in [-0.15, -0.1) is 0 Å². The minimum atomic E-state index is -0.970. The summed E-state index contributed by atoms with van der Waals surface area (Å²) in [5.74, 6) is -0.781. The molecule has 2 heterocycles. The van der Waals surface area contributed by atoms with E-state index in [4.69, 9.17) is 11.6 Å². The van der Waals surface area contributed by atoms with Gasteiger partial charge in [-0.25, -0.2) is 0 Å². The largest absolute Gasteiger partial charge is 0.346 e. The van der Waals surface area contributed by atoms with E-state index in [1.54, 1.807) is 24.3 Å². The highest BCUT2D eigenvalue weighted by Gasteiger charge is 2.58. The van der Waals surface area contributed by atoms with Gasteiger partial charge in [0.15, 0.2) is 5.78 Å². The Balaban J connectivity index is 1.71. The summed E-state index contributed by atoms with van der Waals surface area (Å²) in [6.45, 7) is 0. The molecule has 32 heavy (non-hydrogen) atoms. The Morgan fingerprint density at radius 2 is 1.69 bits per heavy atom. The van der Waals surface area contributed by atoms with Crippen molar-refractivity contribution in [1.29, 1.82) is 0 Å². The molecule has 0 aliphatic carbocycles. The summed E-state index contributed by atoms with van der Waals surface area (Å²) in [5.41, 5.74) is 3.02. The molecule has 0 radical (unpaired) electrons. The molecule has 0 N–H and O–H groups in total. The van der Waals surface area contributed by atoms with Gasteiger partial charge in [0, 0.05) is 25.7 Å². The van der Waals surface area contributed by atoms with E-state index in [0.717, 1.165) is 21.3 Å². The standard InChI is InChI=1S/C25H18BrClN2O3/c26-18-10-5-16(6-11-18)22-23(29(31)32)21-14-9-15-3-1-2-4-20(15)28(21)24(22)25(30)17-7-12-19(27)13-8-17/h1-14,21-24H/t21-,22-,23-,24+/m1/s1. The van der Waals surface area contributed by atoms with Gasteiger partial charge in [-0.1, -0.05) is 70.0 Å². The average Bonchev–Trinajstić information content (AvgIpc) is 3.15. The summed E-state index contributed by atoms with van der Waals surface area (Å²) >= 11 is 9.47. The highest BCUT2D eigenvalue weighted by molar-refractivity contribution is 9.10. The molecular formula is C25H18BrClN2O3. The fraction of sp³-hybridized carbons (Fsp3) is 0.160. The van der Waals surface area contributed by atoms with Crippen LogP contribution in [-0.2, 0) is 0 Å². The van der Waals surface area contributed by atoms with Crippen LogP contribution in [0.3, 0.4) is 0 Å². The molecule has 0 spiro atoms. The monoisotopic (exact) mass is 508 g/mol. The van der Waals surface area contributed by atoms with Gasteiger partial charge in [0.25, 0.3) is 0 Å². The minimum absolute atomic E-state index is 0.158. The number of halogens is 2. The van der Waals surface area contributed by atoms with E-state index in [1.807, 2.05) is 65.6 Å². The number of rotatable bonds is 4. The lowest BCUT2D eigenvalue weighted by Gasteiger charge is -2.34. The molecule has 1 saturated heterocycles. The molecule has 0 amide bonds. The molecular weight excluding hydrogens is 492 g/mol. The number of carbonyl (C=O) groups excluding carboxylic acids is 1. The maximum Gasteiger partial charge on any atom is 0.245 e. The maximum absolute atomic E-state index is 13.9. The number of para-hydroxylation sites is 1. The van der Waals surface area contributed by atoms with Gasteiger partial charge in [-0.05, 0) is 53.6 Å². The second kappa shape index (κ2) is 8.19. The normalized spacial score (nSPS) is 23.5. The van der Waals surface area contributed by atoms with Crippen molar-refractivity contribution < 1.29 is 9.72 Å². The van der Waals surface area contributed by atoms with Crippen LogP contribution in [0.4, 0.5) is 5.69 Å². The smallest absolute Gasteiger partial charge is 0.245 e. The van der Waals surface area contributed by atoms with Crippen molar-refractivity contribution in [1.82, 2.24) is 0 Å². The molecule has 2 aliphatic heterocycles. The number of nitro groups is 1. The first-order valence-electron chi connectivity index (χ1n) is 10.2. The van der Waals surface area contributed by atoms with Crippen LogP contribution in [0.15, 0.2) is 83.3 Å². The molecule has 0 aromatic heterocycles. The van der Waals surface area contributed by atoms with Crippen LogP contribution in [0.5, 0.6) is 0 Å². The molecule has 0 bridgehead atoms. The van der Waals surface area contributed by atoms with Crippen LogP contribution in [-0.4, -0.2) is 28.8 Å². The number of ketones is 1. The lowest BCUT2D eigenvalue weighted by Crippen LogP contribution is -2.44. The number of fused-ring (bicyclic) bond motifs is 3. The summed E-state index contributed by atoms with van der Waals surface area (Å²) in [6, 6.07) is 19.6. The second-order valence-electron chi connectivity index (χ2n) is 7.99. The summed E-state index contributed by atoms with van der Waals surface area (Å²) in [5, 5.41) is 12.9. The fourth-order valence-corrected chi connectivity index (χ4v) is 5.29. The number of Topliss-reactive ketones (excluding diaryl/α,β-unsaturated/α-hetero) is 1. The number of anilines is 1. The number of hydrogen-bond acceptors (Lipinski definition) is 4. The van der Waals surface area contributed by atoms with Crippen molar-refractivity contribution in [2.24, 2.45) is 0 Å². The van der Waals surface area contributed by atoms with Crippen molar-refractivity contribution >= 4 is 45.1 Å². The quantitative estimate of drug-likeness (QED) is 0.246. The second-order valence-corrected chi connectivity index (χ2v) is 9.34. The Kier molecular flexibility index (Phi) is 5.35. The Labute approximate surface area is 198 Å². The number of carbonyl (C=O) groups is 1. The van der Waals surface area contributed by atoms with E-state index in [1.165, 1.54) is 0 Å². The van der Waals surface area contributed by atoms with E-state index in [2.05, 4.69) is 15.9 Å². The summed E-state index contributed by atoms with van der Waals surface area (Å²) in [4.78, 5) is 28.0. The SMILES string of the molecule is O=C(c1ccc(Cl)cc1)[C@@H]1[C@H](c2ccc(Br)cc2)[C@H]([N+](=O)[O-])[C@H]2C=Cc3ccccc3N21. The molecule has 0 saturated carbocycles. The predicted octanol–water partition coefficient (Wildman–Crippen LogP) is 6.00. The van der Waals surface area contributed by atoms with Crippen LogP contribution >= 0.6 is 27.5 Å². The van der Waals surface area contributed by atoms with Crippen LogP contribution < -0.4 is 4.90 Å². The first kappa shape index (κ1) is 20.9. The lowest BCUT2D eigenvalue weighted by atomic mass is 9.84. The van der Waals surface area contributed by atoms with E-state index in [-0.39, 0.29) is 10.7 Å². The van der Waals surface area contributed by atoms with Crippen LogP contribution in [0.25, 0.3) is 6.08 Å². The summed E-state index contributed by atoms with van der Waals surface area (Å²) in [6.07, 6.45) is 3.78. The highest BCUT2D eigenvalue weighted by atomic mass is 79.9. The molecule has 5 nitrogen and oxygen atoms in total. The summed E-state index contributed by atoms with van der Waals surface area (Å²) in [7, 11) is 0. The van der Waals surface area contributed by atoms with Gasteiger partial charge < -0.3 is 4.90 Å². The number of hydrogen-bond donors (Lipinski definition) is 0. The van der Waals surface area contributed by atoms with E-state index < -0.39 is 24.0 Å². The Morgan fingerprint density at radius 1 is 1.00 bits per heavy atom. The molecule has 2 aliphatic rings. The third-order valence-electron chi connectivity index (χ3n) is 6.26. The molecule has 1 fully saturated rings. The summed E-state index contributed by atoms with van der Waals surface area (Å²) < 4.78 is 0.875. The van der Waals surface area contributed by atoms with E-state index in [9.17, 15) is 14.9 Å². The van der Waals surface area contributed by atoms with Gasteiger partial charge in [-0.2, -0.15) is 0 Å². The molecule has 5 rings (SSSR count). The van der Waals surface area contributed by atoms with E-state index in [0.29, 0.717) is 10.6 Å². The maximum atomic E-state index is 13.9. The zero-order valence-corrected chi connectivity index (χ0v) is 19.1. The highest BCUT2D eigenvalue weighted by Crippen LogP contribution is 2.47. The molecule has 160 valence electrons. The minimum Gasteiger partial charge on any atom is -0.346 e. The van der Waals surface area contributed by atoms with Crippen LogP contribution in [0.1, 0.15) is 27.4 Å². The van der Waals surface area contributed by atoms with Crippen molar-refractivity contribution in [2.45, 2.75) is 24.0 Å². The van der Waals surface area contributed by atoms with Crippen molar-refractivity contribution in [2.75, 3.05) is 4.90 Å². The van der Waals surface area contributed by atoms with Crippen molar-refractivity contribution in [3.05, 3.63) is 115 Å². The molecule has 7 heteroatoms. The van der Waals surface area contributed by atoms with Gasteiger partial charge >= 0.3 is 0 Å². The van der Waals surface area contributed by atoms with Gasteiger partial charge in [0.05, 0.1) is 5.92 Å². The van der Waals surface area contributed by atoms with Crippen molar-refractivity contribution in [3.63, 3.8) is 0 Å². The van der Waals surface area contributed by atoms with Gasteiger partial charge in [0.1, 0.15) is 12.1 Å². The first-order valence-corrected chi connectivity index (χ1v) is 11.4. The van der Waals surface area contributed by atoms with Crippen molar-refractivity contribution in [3.8, 4) is 0 Å². The number of benzene rings is 3. The van der Waals surface area contributed by atoms with Crippen LogP contribution in [0, 0.1) is 10.1 Å².